The molecule has 5 nitrogen and oxygen atoms in total. The lowest BCUT2D eigenvalue weighted by Crippen LogP contribution is -2.25. The molecule has 2 rings (SSSR count). The standard InChI is InChI=1S/C22H23N3O2/c1-3-4-5-21(16(2)24)22(26)25-15-18-8-12-20(13-9-18)27-19-10-6-17(14-23)7-11-19/h4-13H,3,15,24H2,1-2H3,(H,25,26)/b5-4-,21-16-. The Morgan fingerprint density at radius 1 is 1.15 bits per heavy atom. The van der Waals surface area contributed by atoms with E-state index in [1.165, 1.54) is 0 Å². The average Bonchev–Trinajstić information content (AvgIpc) is 2.68. The maximum atomic E-state index is 12.3. The molecular weight excluding hydrogens is 338 g/mol. The Kier molecular flexibility index (Phi) is 7.21. The molecule has 0 unspecified atom stereocenters. The van der Waals surface area contributed by atoms with E-state index in [-0.39, 0.29) is 5.91 Å². The lowest BCUT2D eigenvalue weighted by atomic mass is 10.1. The zero-order chi connectivity index (χ0) is 19.6. The van der Waals surface area contributed by atoms with Crippen LogP contribution in [0.4, 0.5) is 0 Å². The second-order valence-corrected chi connectivity index (χ2v) is 5.97. The Morgan fingerprint density at radius 2 is 1.74 bits per heavy atom. The van der Waals surface area contributed by atoms with E-state index < -0.39 is 0 Å². The van der Waals surface area contributed by atoms with Gasteiger partial charge in [0.1, 0.15) is 11.5 Å². The SMILES string of the molecule is CC/C=C\C(C(=O)NCc1ccc(Oc2ccc(C#N)cc2)cc1)=C(/C)N. The lowest BCUT2D eigenvalue weighted by molar-refractivity contribution is -0.117. The van der Waals surface area contributed by atoms with E-state index in [0.717, 1.165) is 12.0 Å². The van der Waals surface area contributed by atoms with Crippen molar-refractivity contribution in [2.24, 2.45) is 5.73 Å². The Balaban J connectivity index is 1.95. The van der Waals surface area contributed by atoms with Gasteiger partial charge in [0.15, 0.2) is 0 Å². The second-order valence-electron chi connectivity index (χ2n) is 5.97. The van der Waals surface area contributed by atoms with Gasteiger partial charge in [-0.05, 0) is 55.3 Å². The first kappa shape index (κ1) is 19.8. The van der Waals surface area contributed by atoms with E-state index >= 15 is 0 Å². The summed E-state index contributed by atoms with van der Waals surface area (Å²) < 4.78 is 5.74. The largest absolute Gasteiger partial charge is 0.457 e. The summed E-state index contributed by atoms with van der Waals surface area (Å²) in [6.07, 6.45) is 4.49. The van der Waals surface area contributed by atoms with Crippen molar-refractivity contribution in [3.05, 3.63) is 83.1 Å². The molecule has 2 aromatic carbocycles. The van der Waals surface area contributed by atoms with Crippen molar-refractivity contribution >= 4 is 5.91 Å². The number of hydrogen-bond donors (Lipinski definition) is 2. The fourth-order valence-electron chi connectivity index (χ4n) is 2.31. The Bertz CT molecular complexity index is 869. The fraction of sp³-hybridized carbons (Fsp3) is 0.182. The molecular formula is C22H23N3O2. The molecule has 0 atom stereocenters. The normalized spacial score (nSPS) is 11.6. The van der Waals surface area contributed by atoms with Crippen LogP contribution in [0.1, 0.15) is 31.4 Å². The van der Waals surface area contributed by atoms with Gasteiger partial charge in [-0.3, -0.25) is 4.79 Å². The highest BCUT2D eigenvalue weighted by Crippen LogP contribution is 2.22. The maximum Gasteiger partial charge on any atom is 0.253 e. The van der Waals surface area contributed by atoms with Gasteiger partial charge >= 0.3 is 0 Å². The summed E-state index contributed by atoms with van der Waals surface area (Å²) in [4.78, 5) is 12.3. The number of carbonyl (C=O) groups excluding carboxylic acids is 1. The van der Waals surface area contributed by atoms with Crippen molar-refractivity contribution in [3.63, 3.8) is 0 Å². The van der Waals surface area contributed by atoms with Gasteiger partial charge in [0.2, 0.25) is 0 Å². The Labute approximate surface area is 159 Å². The summed E-state index contributed by atoms with van der Waals surface area (Å²) in [5, 5.41) is 11.7. The van der Waals surface area contributed by atoms with Crippen molar-refractivity contribution in [2.75, 3.05) is 0 Å². The number of nitriles is 1. The third-order valence-corrected chi connectivity index (χ3v) is 3.79. The summed E-state index contributed by atoms with van der Waals surface area (Å²) in [5.74, 6) is 1.14. The molecule has 3 N–H and O–H groups in total. The zero-order valence-corrected chi connectivity index (χ0v) is 15.5. The van der Waals surface area contributed by atoms with Crippen LogP contribution in [-0.4, -0.2) is 5.91 Å². The minimum absolute atomic E-state index is 0.197. The first-order valence-corrected chi connectivity index (χ1v) is 8.71. The predicted molar refractivity (Wildman–Crippen MR) is 106 cm³/mol. The molecule has 1 amide bonds. The predicted octanol–water partition coefficient (Wildman–Crippen LogP) is 4.17. The number of ether oxygens (including phenoxy) is 1. The number of hydrogen-bond acceptors (Lipinski definition) is 4. The summed E-state index contributed by atoms with van der Waals surface area (Å²) in [6.45, 7) is 4.11. The van der Waals surface area contributed by atoms with Gasteiger partial charge in [-0.1, -0.05) is 31.2 Å². The quantitative estimate of drug-likeness (QED) is 0.572. The number of benzene rings is 2. The molecule has 0 heterocycles. The van der Waals surface area contributed by atoms with Crippen LogP contribution in [0.25, 0.3) is 0 Å². The monoisotopic (exact) mass is 361 g/mol. The molecule has 0 bridgehead atoms. The van der Waals surface area contributed by atoms with Gasteiger partial charge in [0.05, 0.1) is 17.2 Å². The number of nitrogens with one attached hydrogen (secondary N) is 1. The molecule has 2 aromatic rings. The maximum absolute atomic E-state index is 12.3. The topological polar surface area (TPSA) is 88.1 Å². The number of allylic oxidation sites excluding steroid dienone is 2. The van der Waals surface area contributed by atoms with E-state index in [4.69, 9.17) is 15.7 Å². The van der Waals surface area contributed by atoms with Crippen LogP contribution < -0.4 is 15.8 Å². The van der Waals surface area contributed by atoms with Crippen molar-refractivity contribution in [1.82, 2.24) is 5.32 Å². The van der Waals surface area contributed by atoms with Gasteiger partial charge in [-0.25, -0.2) is 0 Å². The van der Waals surface area contributed by atoms with E-state index in [1.54, 1.807) is 37.3 Å². The lowest BCUT2D eigenvalue weighted by Gasteiger charge is -2.09. The third-order valence-electron chi connectivity index (χ3n) is 3.79. The number of nitrogens with zero attached hydrogens (tertiary/aromatic N) is 1. The van der Waals surface area contributed by atoms with Crippen LogP contribution in [0.5, 0.6) is 11.5 Å². The van der Waals surface area contributed by atoms with Gasteiger partial charge in [0.25, 0.3) is 5.91 Å². The molecule has 0 aliphatic carbocycles. The number of carbonyl (C=O) groups is 1. The molecule has 5 heteroatoms. The highest BCUT2D eigenvalue weighted by molar-refractivity contribution is 5.96. The molecule has 138 valence electrons. The molecule has 0 aliphatic rings. The van der Waals surface area contributed by atoms with Crippen molar-refractivity contribution in [3.8, 4) is 17.6 Å². The van der Waals surface area contributed by atoms with Crippen LogP contribution in [0.3, 0.4) is 0 Å². The molecule has 0 saturated carbocycles. The van der Waals surface area contributed by atoms with Crippen LogP contribution in [0, 0.1) is 11.3 Å². The highest BCUT2D eigenvalue weighted by atomic mass is 16.5. The minimum atomic E-state index is -0.197. The molecule has 27 heavy (non-hydrogen) atoms. The summed E-state index contributed by atoms with van der Waals surface area (Å²) in [5.41, 5.74) is 8.30. The molecule has 0 saturated heterocycles. The molecule has 0 radical (unpaired) electrons. The van der Waals surface area contributed by atoms with E-state index in [9.17, 15) is 4.79 Å². The number of amides is 1. The van der Waals surface area contributed by atoms with Crippen LogP contribution >= 0.6 is 0 Å². The highest BCUT2D eigenvalue weighted by Gasteiger charge is 2.08. The second kappa shape index (κ2) is 9.83. The van der Waals surface area contributed by atoms with Gasteiger partial charge in [-0.2, -0.15) is 5.26 Å². The Morgan fingerprint density at radius 3 is 2.26 bits per heavy atom. The Hall–Kier alpha value is -3.52. The number of rotatable bonds is 7. The van der Waals surface area contributed by atoms with Gasteiger partial charge in [0, 0.05) is 12.2 Å². The van der Waals surface area contributed by atoms with E-state index in [0.29, 0.717) is 34.9 Å². The zero-order valence-electron chi connectivity index (χ0n) is 15.5. The first-order valence-electron chi connectivity index (χ1n) is 8.71. The van der Waals surface area contributed by atoms with Crippen molar-refractivity contribution < 1.29 is 9.53 Å². The van der Waals surface area contributed by atoms with Crippen LogP contribution in [0.15, 0.2) is 72.0 Å². The summed E-state index contributed by atoms with van der Waals surface area (Å²) >= 11 is 0. The van der Waals surface area contributed by atoms with Crippen molar-refractivity contribution in [1.29, 1.82) is 5.26 Å². The molecule has 0 aromatic heterocycles. The van der Waals surface area contributed by atoms with E-state index in [2.05, 4.69) is 11.4 Å². The average molecular weight is 361 g/mol. The van der Waals surface area contributed by atoms with Crippen LogP contribution in [-0.2, 0) is 11.3 Å². The van der Waals surface area contributed by atoms with Gasteiger partial charge < -0.3 is 15.8 Å². The third kappa shape index (κ3) is 6.05. The van der Waals surface area contributed by atoms with Gasteiger partial charge in [-0.15, -0.1) is 0 Å². The smallest absolute Gasteiger partial charge is 0.253 e. The first-order chi connectivity index (χ1) is 13.0. The fourth-order valence-corrected chi connectivity index (χ4v) is 2.31. The molecule has 0 aliphatic heterocycles. The summed E-state index contributed by atoms with van der Waals surface area (Å²) in [7, 11) is 0. The molecule has 0 fully saturated rings. The van der Waals surface area contributed by atoms with E-state index in [1.807, 2.05) is 37.3 Å². The summed E-state index contributed by atoms with van der Waals surface area (Å²) in [6, 6.07) is 16.4. The van der Waals surface area contributed by atoms with Crippen LogP contribution in [0.2, 0.25) is 0 Å². The number of nitrogens with two attached hydrogens (primary N) is 1. The molecule has 0 spiro atoms. The van der Waals surface area contributed by atoms with Crippen molar-refractivity contribution in [2.45, 2.75) is 26.8 Å². The minimum Gasteiger partial charge on any atom is -0.457 e.